The molecule has 0 spiro atoms. The molecule has 0 aromatic heterocycles. The second-order valence-electron chi connectivity index (χ2n) is 6.49. The van der Waals surface area contributed by atoms with E-state index in [1.54, 1.807) is 30.3 Å². The number of nitrogens with two attached hydrogens (primary N) is 1. The summed E-state index contributed by atoms with van der Waals surface area (Å²) in [5.41, 5.74) is 7.61. The molecule has 0 aliphatic carbocycles. The van der Waals surface area contributed by atoms with Crippen molar-refractivity contribution in [3.63, 3.8) is 0 Å². The molecule has 7 nitrogen and oxygen atoms in total. The van der Waals surface area contributed by atoms with Crippen LogP contribution in [0.4, 0.5) is 5.69 Å². The summed E-state index contributed by atoms with van der Waals surface area (Å²) in [7, 11) is 3.84. The molecule has 3 aromatic carbocycles. The van der Waals surface area contributed by atoms with Gasteiger partial charge in [0.2, 0.25) is 0 Å². The number of nitrogen functional groups attached to an aromatic ring is 1. The van der Waals surface area contributed by atoms with Gasteiger partial charge in [-0.2, -0.15) is 0 Å². The first-order valence-corrected chi connectivity index (χ1v) is 8.74. The number of carboxylic acid groups (broad SMARTS) is 1. The van der Waals surface area contributed by atoms with E-state index in [2.05, 4.69) is 0 Å². The largest absolute Gasteiger partial charge is 0.481 e. The van der Waals surface area contributed by atoms with Crippen LogP contribution in [0.5, 0.6) is 5.75 Å². The fourth-order valence-corrected chi connectivity index (χ4v) is 2.53. The third-order valence-corrected chi connectivity index (χ3v) is 3.93. The van der Waals surface area contributed by atoms with E-state index in [-0.39, 0.29) is 5.84 Å². The Bertz CT molecular complexity index is 1060. The monoisotopic (exact) mass is 393 g/mol. The molecule has 3 rings (SSSR count). The van der Waals surface area contributed by atoms with Gasteiger partial charge in [0.1, 0.15) is 11.6 Å². The van der Waals surface area contributed by atoms with Crippen LogP contribution >= 0.6 is 0 Å². The number of carbonyl (C=O) groups excluding carboxylic acids is 1. The van der Waals surface area contributed by atoms with Crippen LogP contribution in [0.3, 0.4) is 0 Å². The van der Waals surface area contributed by atoms with Crippen LogP contribution in [0, 0.1) is 5.41 Å². The number of nitrogens with one attached hydrogen (secondary N) is 1. The summed E-state index contributed by atoms with van der Waals surface area (Å²) in [5.74, 6) is -0.732. The van der Waals surface area contributed by atoms with Crippen LogP contribution in [0.1, 0.15) is 22.8 Å². The van der Waals surface area contributed by atoms with Gasteiger partial charge < -0.3 is 20.5 Å². The lowest BCUT2D eigenvalue weighted by Crippen LogP contribution is -2.12. The van der Waals surface area contributed by atoms with E-state index < -0.39 is 11.9 Å². The highest BCUT2D eigenvalue weighted by atomic mass is 16.5. The quantitative estimate of drug-likeness (QED) is 0.270. The molecule has 0 saturated heterocycles. The van der Waals surface area contributed by atoms with Gasteiger partial charge in [-0.25, -0.2) is 4.79 Å². The normalized spacial score (nSPS) is 9.90. The van der Waals surface area contributed by atoms with Crippen molar-refractivity contribution in [2.24, 2.45) is 5.73 Å². The first-order chi connectivity index (χ1) is 13.7. The Balaban J connectivity index is 0.000000687. The highest BCUT2D eigenvalue weighted by Gasteiger charge is 2.10. The van der Waals surface area contributed by atoms with Crippen LogP contribution in [-0.4, -0.2) is 37.0 Å². The summed E-state index contributed by atoms with van der Waals surface area (Å²) < 4.78 is 5.50. The van der Waals surface area contributed by atoms with Crippen molar-refractivity contribution in [1.82, 2.24) is 0 Å². The van der Waals surface area contributed by atoms with E-state index >= 15 is 0 Å². The van der Waals surface area contributed by atoms with Crippen molar-refractivity contribution in [3.05, 3.63) is 71.8 Å². The van der Waals surface area contributed by atoms with E-state index in [1.165, 1.54) is 0 Å². The molecule has 150 valence electrons. The summed E-state index contributed by atoms with van der Waals surface area (Å²) in [6.45, 7) is 1.08. The van der Waals surface area contributed by atoms with E-state index in [4.69, 9.17) is 25.8 Å². The first kappa shape index (κ1) is 21.4. The molecule has 0 radical (unpaired) electrons. The standard InChI is InChI=1S/C20H19N3O2.C2H4O2/c1-23(2)17-5-3-4-16(11-17)20(24)25-18-9-8-13-10-15(19(21)22)7-6-14(13)12-18;1-2(3)4/h3-12H,1-2H3,(H3,21,22);1H3,(H,3,4). The summed E-state index contributed by atoms with van der Waals surface area (Å²) in [6.07, 6.45) is 0. The Morgan fingerprint density at radius 2 is 1.59 bits per heavy atom. The molecule has 4 N–H and O–H groups in total. The van der Waals surface area contributed by atoms with Gasteiger partial charge >= 0.3 is 5.97 Å². The highest BCUT2D eigenvalue weighted by molar-refractivity contribution is 5.99. The Morgan fingerprint density at radius 3 is 2.21 bits per heavy atom. The van der Waals surface area contributed by atoms with Crippen molar-refractivity contribution in [3.8, 4) is 5.75 Å². The number of carboxylic acids is 1. The zero-order valence-electron chi connectivity index (χ0n) is 16.5. The fraction of sp³-hybridized carbons (Fsp3) is 0.136. The van der Waals surface area contributed by atoms with Gasteiger partial charge in [0, 0.05) is 32.3 Å². The Hall–Kier alpha value is -3.87. The van der Waals surface area contributed by atoms with Crippen molar-refractivity contribution in [1.29, 1.82) is 5.41 Å². The van der Waals surface area contributed by atoms with E-state index in [9.17, 15) is 4.79 Å². The van der Waals surface area contributed by atoms with Crippen LogP contribution in [0.25, 0.3) is 10.8 Å². The Morgan fingerprint density at radius 1 is 0.966 bits per heavy atom. The lowest BCUT2D eigenvalue weighted by Gasteiger charge is -2.13. The molecule has 0 bridgehead atoms. The van der Waals surface area contributed by atoms with E-state index in [0.717, 1.165) is 23.4 Å². The number of fused-ring (bicyclic) bond motifs is 1. The van der Waals surface area contributed by atoms with Crippen molar-refractivity contribution in [2.75, 3.05) is 19.0 Å². The minimum atomic E-state index is -0.833. The number of hydrogen-bond donors (Lipinski definition) is 3. The molecule has 0 unspecified atom stereocenters. The molecular weight excluding hydrogens is 370 g/mol. The smallest absolute Gasteiger partial charge is 0.343 e. The molecule has 3 aromatic rings. The van der Waals surface area contributed by atoms with Gasteiger partial charge in [-0.1, -0.05) is 24.3 Å². The van der Waals surface area contributed by atoms with Gasteiger partial charge in [-0.3, -0.25) is 10.2 Å². The fourth-order valence-electron chi connectivity index (χ4n) is 2.53. The molecule has 0 heterocycles. The average molecular weight is 393 g/mol. The predicted octanol–water partition coefficient (Wildman–Crippen LogP) is 3.50. The third-order valence-electron chi connectivity index (χ3n) is 3.93. The maximum absolute atomic E-state index is 12.4. The molecule has 29 heavy (non-hydrogen) atoms. The molecule has 0 fully saturated rings. The van der Waals surface area contributed by atoms with Crippen molar-refractivity contribution < 1.29 is 19.4 Å². The summed E-state index contributed by atoms with van der Waals surface area (Å²) in [6, 6.07) is 18.1. The number of aliphatic carboxylic acids is 1. The third kappa shape index (κ3) is 6.07. The second kappa shape index (κ2) is 9.36. The van der Waals surface area contributed by atoms with Crippen molar-refractivity contribution in [2.45, 2.75) is 6.92 Å². The molecule has 0 aliphatic rings. The zero-order chi connectivity index (χ0) is 21.6. The van der Waals surface area contributed by atoms with Gasteiger partial charge in [0.05, 0.1) is 5.56 Å². The summed E-state index contributed by atoms with van der Waals surface area (Å²) in [5, 5.41) is 16.8. The average Bonchev–Trinajstić information content (AvgIpc) is 2.67. The van der Waals surface area contributed by atoms with Crippen molar-refractivity contribution >= 4 is 34.2 Å². The number of esters is 1. The number of nitrogens with zero attached hydrogens (tertiary/aromatic N) is 1. The van der Waals surface area contributed by atoms with Crippen LogP contribution < -0.4 is 15.4 Å². The number of amidine groups is 1. The molecule has 7 heteroatoms. The topological polar surface area (TPSA) is 117 Å². The van der Waals surface area contributed by atoms with Gasteiger partial charge in [-0.05, 0) is 47.2 Å². The molecule has 0 aliphatic heterocycles. The zero-order valence-corrected chi connectivity index (χ0v) is 16.5. The molecule has 0 atom stereocenters. The number of rotatable bonds is 4. The number of carbonyl (C=O) groups is 2. The van der Waals surface area contributed by atoms with Gasteiger partial charge in [0.25, 0.3) is 5.97 Å². The second-order valence-corrected chi connectivity index (χ2v) is 6.49. The van der Waals surface area contributed by atoms with Crippen LogP contribution in [0.2, 0.25) is 0 Å². The number of anilines is 1. The van der Waals surface area contributed by atoms with Crippen LogP contribution in [0.15, 0.2) is 60.7 Å². The number of hydrogen-bond acceptors (Lipinski definition) is 5. The molecule has 0 amide bonds. The maximum Gasteiger partial charge on any atom is 0.343 e. The maximum atomic E-state index is 12.4. The predicted molar refractivity (Wildman–Crippen MR) is 114 cm³/mol. The minimum absolute atomic E-state index is 0.0261. The Kier molecular flexibility index (Phi) is 6.92. The van der Waals surface area contributed by atoms with Gasteiger partial charge in [0.15, 0.2) is 0 Å². The number of benzene rings is 3. The van der Waals surface area contributed by atoms with Crippen LogP contribution in [-0.2, 0) is 4.79 Å². The van der Waals surface area contributed by atoms with E-state index in [0.29, 0.717) is 16.9 Å². The van der Waals surface area contributed by atoms with Gasteiger partial charge in [-0.15, -0.1) is 0 Å². The lowest BCUT2D eigenvalue weighted by molar-refractivity contribution is -0.134. The lowest BCUT2D eigenvalue weighted by atomic mass is 10.1. The molecular formula is C22H23N3O4. The highest BCUT2D eigenvalue weighted by Crippen LogP contribution is 2.23. The molecule has 0 saturated carbocycles. The Labute approximate surface area is 168 Å². The summed E-state index contributed by atoms with van der Waals surface area (Å²) in [4.78, 5) is 23.3. The summed E-state index contributed by atoms with van der Waals surface area (Å²) >= 11 is 0. The minimum Gasteiger partial charge on any atom is -0.481 e. The van der Waals surface area contributed by atoms with E-state index in [1.807, 2.05) is 49.3 Å². The number of ether oxygens (including phenoxy) is 1. The first-order valence-electron chi connectivity index (χ1n) is 8.74. The SMILES string of the molecule is CC(=O)O.CN(C)c1cccc(C(=O)Oc2ccc3cc(C(=N)N)ccc3c2)c1.